The molecule has 1 aromatic carbocycles. The fourth-order valence-corrected chi connectivity index (χ4v) is 2.67. The van der Waals surface area contributed by atoms with E-state index in [4.69, 9.17) is 5.11 Å². The number of hydrogen-bond acceptors (Lipinski definition) is 4. The number of nitrogens with zero attached hydrogens (tertiary/aromatic N) is 3. The zero-order chi connectivity index (χ0) is 15.4. The minimum atomic E-state index is -0.231. The standard InChI is InChI=1S/C16H20N4O2/c21-9-6-17-16(22)15-10-14-12-19(7-8-20(14)18-15)11-13-4-2-1-3-5-13/h1-5,10,21H,6-9,11-12H2,(H,17,22). The molecule has 0 aliphatic carbocycles. The zero-order valence-corrected chi connectivity index (χ0v) is 12.4. The van der Waals surface area contributed by atoms with E-state index in [1.54, 1.807) is 0 Å². The molecular weight excluding hydrogens is 280 g/mol. The van der Waals surface area contributed by atoms with Crippen LogP contribution >= 0.6 is 0 Å². The maximum Gasteiger partial charge on any atom is 0.271 e. The lowest BCUT2D eigenvalue weighted by molar-refractivity contribution is 0.0938. The highest BCUT2D eigenvalue weighted by Gasteiger charge is 2.20. The summed E-state index contributed by atoms with van der Waals surface area (Å²) < 4.78 is 1.90. The van der Waals surface area contributed by atoms with Crippen LogP contribution in [0.1, 0.15) is 21.7 Å². The maximum atomic E-state index is 11.9. The number of nitrogens with one attached hydrogen (secondary N) is 1. The first-order valence-electron chi connectivity index (χ1n) is 7.48. The molecule has 1 aliphatic heterocycles. The van der Waals surface area contributed by atoms with Gasteiger partial charge in [0.15, 0.2) is 0 Å². The summed E-state index contributed by atoms with van der Waals surface area (Å²) >= 11 is 0. The van der Waals surface area contributed by atoms with Gasteiger partial charge in [-0.1, -0.05) is 30.3 Å². The highest BCUT2D eigenvalue weighted by Crippen LogP contribution is 2.16. The first-order chi connectivity index (χ1) is 10.8. The second-order valence-electron chi connectivity index (χ2n) is 5.42. The third-order valence-corrected chi connectivity index (χ3v) is 3.76. The van der Waals surface area contributed by atoms with E-state index < -0.39 is 0 Å². The van der Waals surface area contributed by atoms with Gasteiger partial charge in [-0.2, -0.15) is 5.10 Å². The zero-order valence-electron chi connectivity index (χ0n) is 12.4. The highest BCUT2D eigenvalue weighted by molar-refractivity contribution is 5.92. The molecular formula is C16H20N4O2. The van der Waals surface area contributed by atoms with Crippen LogP contribution in [0.15, 0.2) is 36.4 Å². The minimum Gasteiger partial charge on any atom is -0.395 e. The van der Waals surface area contributed by atoms with Gasteiger partial charge >= 0.3 is 0 Å². The molecule has 0 spiro atoms. The smallest absolute Gasteiger partial charge is 0.271 e. The van der Waals surface area contributed by atoms with Gasteiger partial charge in [-0.05, 0) is 11.6 Å². The van der Waals surface area contributed by atoms with Crippen molar-refractivity contribution in [3.05, 3.63) is 53.3 Å². The van der Waals surface area contributed by atoms with E-state index >= 15 is 0 Å². The lowest BCUT2D eigenvalue weighted by Gasteiger charge is -2.27. The first kappa shape index (κ1) is 14.7. The van der Waals surface area contributed by atoms with Gasteiger partial charge in [0.25, 0.3) is 5.91 Å². The summed E-state index contributed by atoms with van der Waals surface area (Å²) in [6, 6.07) is 12.2. The van der Waals surface area contributed by atoms with Crippen molar-refractivity contribution in [2.45, 2.75) is 19.6 Å². The molecule has 6 nitrogen and oxygen atoms in total. The van der Waals surface area contributed by atoms with E-state index in [-0.39, 0.29) is 19.1 Å². The van der Waals surface area contributed by atoms with Crippen molar-refractivity contribution < 1.29 is 9.90 Å². The number of rotatable bonds is 5. The van der Waals surface area contributed by atoms with E-state index in [1.165, 1.54) is 5.56 Å². The molecule has 1 amide bonds. The van der Waals surface area contributed by atoms with Gasteiger partial charge in [-0.15, -0.1) is 0 Å². The van der Waals surface area contributed by atoms with Gasteiger partial charge in [-0.25, -0.2) is 0 Å². The number of amides is 1. The van der Waals surface area contributed by atoms with Gasteiger partial charge in [0.2, 0.25) is 0 Å². The Balaban J connectivity index is 1.65. The van der Waals surface area contributed by atoms with E-state index in [0.29, 0.717) is 5.69 Å². The number of aliphatic hydroxyl groups is 1. The van der Waals surface area contributed by atoms with Crippen LogP contribution in [0, 0.1) is 0 Å². The molecule has 22 heavy (non-hydrogen) atoms. The van der Waals surface area contributed by atoms with Gasteiger partial charge < -0.3 is 10.4 Å². The molecule has 0 atom stereocenters. The lowest BCUT2D eigenvalue weighted by Crippen LogP contribution is -2.33. The average molecular weight is 300 g/mol. The SMILES string of the molecule is O=C(NCCO)c1cc2n(n1)CCN(Cc1ccccc1)C2. The molecule has 0 saturated carbocycles. The van der Waals surface area contributed by atoms with E-state index in [2.05, 4.69) is 27.4 Å². The van der Waals surface area contributed by atoms with Gasteiger partial charge in [0.1, 0.15) is 5.69 Å². The topological polar surface area (TPSA) is 70.4 Å². The summed E-state index contributed by atoms with van der Waals surface area (Å²) in [5, 5.41) is 15.7. The summed E-state index contributed by atoms with van der Waals surface area (Å²) in [7, 11) is 0. The number of hydrogen-bond donors (Lipinski definition) is 2. The van der Waals surface area contributed by atoms with Crippen LogP contribution in [-0.4, -0.2) is 45.4 Å². The van der Waals surface area contributed by atoms with Crippen LogP contribution in [0.25, 0.3) is 0 Å². The number of aromatic nitrogens is 2. The second-order valence-corrected chi connectivity index (χ2v) is 5.42. The summed E-state index contributed by atoms with van der Waals surface area (Å²) in [4.78, 5) is 14.2. The Kier molecular flexibility index (Phi) is 4.50. The van der Waals surface area contributed by atoms with E-state index in [0.717, 1.165) is 31.9 Å². The van der Waals surface area contributed by atoms with Crippen molar-refractivity contribution in [1.82, 2.24) is 20.0 Å². The largest absolute Gasteiger partial charge is 0.395 e. The quantitative estimate of drug-likeness (QED) is 0.849. The molecule has 2 aromatic rings. The summed E-state index contributed by atoms with van der Waals surface area (Å²) in [5.74, 6) is -0.231. The number of fused-ring (bicyclic) bond motifs is 1. The number of carbonyl (C=O) groups excluding carboxylic acids is 1. The fourth-order valence-electron chi connectivity index (χ4n) is 2.67. The maximum absolute atomic E-state index is 11.9. The molecule has 3 rings (SSSR count). The molecule has 116 valence electrons. The molecule has 0 radical (unpaired) electrons. The number of carbonyl (C=O) groups is 1. The van der Waals surface area contributed by atoms with Crippen molar-refractivity contribution in [2.24, 2.45) is 0 Å². The number of aliphatic hydroxyl groups excluding tert-OH is 1. The average Bonchev–Trinajstić information content (AvgIpc) is 2.97. The van der Waals surface area contributed by atoms with Gasteiger partial charge in [0.05, 0.1) is 18.8 Å². The Bertz CT molecular complexity index is 639. The Labute approximate surface area is 129 Å². The summed E-state index contributed by atoms with van der Waals surface area (Å²) in [6.45, 7) is 3.58. The van der Waals surface area contributed by atoms with Crippen LogP contribution in [0.4, 0.5) is 0 Å². The predicted molar refractivity (Wildman–Crippen MR) is 82.2 cm³/mol. The van der Waals surface area contributed by atoms with Crippen molar-refractivity contribution in [1.29, 1.82) is 0 Å². The van der Waals surface area contributed by atoms with Crippen LogP contribution in [0.5, 0.6) is 0 Å². The van der Waals surface area contributed by atoms with Crippen LogP contribution < -0.4 is 5.32 Å². The molecule has 6 heteroatoms. The molecule has 0 fully saturated rings. The molecule has 1 aliphatic rings. The fraction of sp³-hybridized carbons (Fsp3) is 0.375. The molecule has 0 unspecified atom stereocenters. The predicted octanol–water partition coefficient (Wildman–Crippen LogP) is 0.621. The first-order valence-corrected chi connectivity index (χ1v) is 7.48. The lowest BCUT2D eigenvalue weighted by atomic mass is 10.2. The van der Waals surface area contributed by atoms with Crippen molar-refractivity contribution in [3.63, 3.8) is 0 Å². The summed E-state index contributed by atoms with van der Waals surface area (Å²) in [5.41, 5.74) is 2.76. The Morgan fingerprint density at radius 1 is 1.27 bits per heavy atom. The van der Waals surface area contributed by atoms with Crippen LogP contribution in [0.3, 0.4) is 0 Å². The monoisotopic (exact) mass is 300 g/mol. The van der Waals surface area contributed by atoms with Crippen LogP contribution in [0.2, 0.25) is 0 Å². The number of benzene rings is 1. The Morgan fingerprint density at radius 3 is 2.86 bits per heavy atom. The van der Waals surface area contributed by atoms with Gasteiger partial charge in [-0.3, -0.25) is 14.4 Å². The summed E-state index contributed by atoms with van der Waals surface area (Å²) in [6.07, 6.45) is 0. The van der Waals surface area contributed by atoms with E-state index in [9.17, 15) is 4.79 Å². The van der Waals surface area contributed by atoms with Crippen LogP contribution in [-0.2, 0) is 19.6 Å². The third kappa shape index (κ3) is 3.35. The minimum absolute atomic E-state index is 0.0653. The Morgan fingerprint density at radius 2 is 2.09 bits per heavy atom. The molecule has 1 aromatic heterocycles. The van der Waals surface area contributed by atoms with Crippen molar-refractivity contribution >= 4 is 5.91 Å². The normalized spacial score (nSPS) is 14.6. The van der Waals surface area contributed by atoms with E-state index in [1.807, 2.05) is 28.9 Å². The second kappa shape index (κ2) is 6.72. The third-order valence-electron chi connectivity index (χ3n) is 3.76. The van der Waals surface area contributed by atoms with Crippen molar-refractivity contribution in [2.75, 3.05) is 19.7 Å². The Hall–Kier alpha value is -2.18. The highest BCUT2D eigenvalue weighted by atomic mass is 16.3. The molecule has 2 N–H and O–H groups in total. The molecule has 2 heterocycles. The van der Waals surface area contributed by atoms with Crippen molar-refractivity contribution in [3.8, 4) is 0 Å². The molecule has 0 bridgehead atoms. The molecule has 0 saturated heterocycles. The van der Waals surface area contributed by atoms with Gasteiger partial charge in [0, 0.05) is 26.2 Å².